The highest BCUT2D eigenvalue weighted by Gasteiger charge is 2.29. The van der Waals surface area contributed by atoms with Crippen molar-refractivity contribution in [2.45, 2.75) is 38.1 Å². The van der Waals surface area contributed by atoms with Crippen LogP contribution < -0.4 is 10.6 Å². The number of rotatable bonds is 3. The number of pyridine rings is 1. The van der Waals surface area contributed by atoms with Gasteiger partial charge in [-0.2, -0.15) is 0 Å². The van der Waals surface area contributed by atoms with Gasteiger partial charge in [0.15, 0.2) is 5.65 Å². The zero-order valence-corrected chi connectivity index (χ0v) is 11.4. The Morgan fingerprint density at radius 2 is 2.20 bits per heavy atom. The van der Waals surface area contributed by atoms with Crippen molar-refractivity contribution in [3.63, 3.8) is 0 Å². The summed E-state index contributed by atoms with van der Waals surface area (Å²) in [5.41, 5.74) is 9.69. The predicted octanol–water partition coefficient (Wildman–Crippen LogP) is 1.80. The van der Waals surface area contributed by atoms with E-state index in [0.29, 0.717) is 18.9 Å². The minimum atomic E-state index is 0.206. The quantitative estimate of drug-likeness (QED) is 0.925. The van der Waals surface area contributed by atoms with Crippen LogP contribution >= 0.6 is 0 Å². The predicted molar refractivity (Wildman–Crippen MR) is 76.6 cm³/mol. The number of anilines is 1. The third-order valence-electron chi connectivity index (χ3n) is 4.22. The topological polar surface area (TPSA) is 63.6 Å². The Morgan fingerprint density at radius 1 is 1.35 bits per heavy atom. The molecule has 0 spiro atoms. The summed E-state index contributed by atoms with van der Waals surface area (Å²) in [5, 5.41) is 0. The van der Waals surface area contributed by atoms with Gasteiger partial charge < -0.3 is 15.0 Å². The molecule has 5 nitrogen and oxygen atoms in total. The first-order valence-corrected chi connectivity index (χ1v) is 7.28. The maximum atomic E-state index is 12.1. The Kier molecular flexibility index (Phi) is 2.57. The second-order valence-corrected chi connectivity index (χ2v) is 5.75. The number of nitrogens with two attached hydrogens (primary N) is 1. The Bertz CT molecular complexity index is 686. The van der Waals surface area contributed by atoms with E-state index in [0.717, 1.165) is 30.0 Å². The Balaban J connectivity index is 1.90. The Hall–Kier alpha value is -1.88. The monoisotopic (exact) mass is 270 g/mol. The first kappa shape index (κ1) is 11.9. The molecule has 0 aromatic carbocycles. The van der Waals surface area contributed by atoms with E-state index in [9.17, 15) is 4.79 Å². The molecule has 2 N–H and O–H groups in total. The molecule has 1 saturated carbocycles. The van der Waals surface area contributed by atoms with E-state index in [-0.39, 0.29) is 5.91 Å². The van der Waals surface area contributed by atoms with Gasteiger partial charge in [-0.25, -0.2) is 4.98 Å². The van der Waals surface area contributed by atoms with E-state index in [1.165, 1.54) is 18.4 Å². The number of carbonyl (C=O) groups excluding carboxylic acids is 1. The van der Waals surface area contributed by atoms with Gasteiger partial charge in [-0.15, -0.1) is 0 Å². The van der Waals surface area contributed by atoms with Crippen molar-refractivity contribution < 1.29 is 4.79 Å². The lowest BCUT2D eigenvalue weighted by Gasteiger charge is -2.17. The van der Waals surface area contributed by atoms with Crippen LogP contribution in [0.25, 0.3) is 5.65 Å². The molecule has 4 rings (SSSR count). The van der Waals surface area contributed by atoms with Gasteiger partial charge in [-0.1, -0.05) is 0 Å². The van der Waals surface area contributed by atoms with Crippen molar-refractivity contribution in [1.29, 1.82) is 0 Å². The van der Waals surface area contributed by atoms with Crippen LogP contribution in [0.5, 0.6) is 0 Å². The summed E-state index contributed by atoms with van der Waals surface area (Å²) in [6, 6.07) is 2.16. The van der Waals surface area contributed by atoms with E-state index >= 15 is 0 Å². The molecule has 2 aromatic heterocycles. The minimum absolute atomic E-state index is 0.206. The maximum absolute atomic E-state index is 12.1. The summed E-state index contributed by atoms with van der Waals surface area (Å²) in [5.74, 6) is 0.858. The van der Waals surface area contributed by atoms with Crippen LogP contribution in [0, 0.1) is 0 Å². The van der Waals surface area contributed by atoms with Gasteiger partial charge >= 0.3 is 0 Å². The zero-order chi connectivity index (χ0) is 13.7. The van der Waals surface area contributed by atoms with Crippen LogP contribution in [0.4, 0.5) is 5.69 Å². The van der Waals surface area contributed by atoms with Gasteiger partial charge in [-0.05, 0) is 36.8 Å². The molecule has 1 aliphatic heterocycles. The van der Waals surface area contributed by atoms with Gasteiger partial charge in [-0.3, -0.25) is 4.79 Å². The molecular weight excluding hydrogens is 252 g/mol. The lowest BCUT2D eigenvalue weighted by atomic mass is 10.1. The molecule has 0 bridgehead atoms. The molecule has 104 valence electrons. The largest absolute Gasteiger partial charge is 0.325 e. The summed E-state index contributed by atoms with van der Waals surface area (Å²) in [6.45, 7) is 1.22. The molecule has 20 heavy (non-hydrogen) atoms. The Morgan fingerprint density at radius 3 is 2.85 bits per heavy atom. The fourth-order valence-corrected chi connectivity index (χ4v) is 2.99. The first-order chi connectivity index (χ1) is 9.76. The third-order valence-corrected chi connectivity index (χ3v) is 4.22. The van der Waals surface area contributed by atoms with Crippen LogP contribution in [0.15, 0.2) is 18.5 Å². The van der Waals surface area contributed by atoms with Crippen LogP contribution in [-0.4, -0.2) is 21.8 Å². The van der Waals surface area contributed by atoms with E-state index < -0.39 is 0 Å². The number of aromatic nitrogens is 2. The molecule has 3 heterocycles. The highest BCUT2D eigenvalue weighted by Crippen LogP contribution is 2.42. The molecule has 2 aliphatic rings. The van der Waals surface area contributed by atoms with Crippen molar-refractivity contribution in [3.05, 3.63) is 29.7 Å². The normalized spacial score (nSPS) is 19.2. The lowest BCUT2D eigenvalue weighted by molar-refractivity contribution is -0.117. The lowest BCUT2D eigenvalue weighted by Crippen LogP contribution is -2.24. The minimum Gasteiger partial charge on any atom is -0.325 e. The number of hydrogen-bond acceptors (Lipinski definition) is 3. The summed E-state index contributed by atoms with van der Waals surface area (Å²) >= 11 is 0. The second-order valence-electron chi connectivity index (χ2n) is 5.75. The fourth-order valence-electron chi connectivity index (χ4n) is 2.99. The SMILES string of the molecule is NCc1cn2cc(C3CC3)cc(N3CCCC3=O)c2n1. The van der Waals surface area contributed by atoms with E-state index in [4.69, 9.17) is 5.73 Å². The smallest absolute Gasteiger partial charge is 0.227 e. The van der Waals surface area contributed by atoms with Gasteiger partial charge in [0.2, 0.25) is 5.91 Å². The molecule has 0 unspecified atom stereocenters. The molecule has 1 saturated heterocycles. The number of imidazole rings is 1. The van der Waals surface area contributed by atoms with Crippen molar-refractivity contribution >= 4 is 17.2 Å². The van der Waals surface area contributed by atoms with E-state index in [1.807, 2.05) is 15.5 Å². The van der Waals surface area contributed by atoms with Crippen LogP contribution in [0.3, 0.4) is 0 Å². The van der Waals surface area contributed by atoms with Gasteiger partial charge in [0.1, 0.15) is 0 Å². The average Bonchev–Trinajstić information content (AvgIpc) is 3.08. The van der Waals surface area contributed by atoms with Gasteiger partial charge in [0.25, 0.3) is 0 Å². The number of hydrogen-bond donors (Lipinski definition) is 1. The number of amides is 1. The van der Waals surface area contributed by atoms with Crippen LogP contribution in [0.1, 0.15) is 42.9 Å². The van der Waals surface area contributed by atoms with Crippen LogP contribution in [0.2, 0.25) is 0 Å². The summed E-state index contributed by atoms with van der Waals surface area (Å²) in [7, 11) is 0. The molecule has 2 fully saturated rings. The van der Waals surface area contributed by atoms with Crippen LogP contribution in [-0.2, 0) is 11.3 Å². The fraction of sp³-hybridized carbons (Fsp3) is 0.467. The summed E-state index contributed by atoms with van der Waals surface area (Å²) in [6.07, 6.45) is 8.19. The number of fused-ring (bicyclic) bond motifs is 1. The number of carbonyl (C=O) groups is 1. The van der Waals surface area contributed by atoms with Crippen molar-refractivity contribution in [2.75, 3.05) is 11.4 Å². The van der Waals surface area contributed by atoms with Gasteiger partial charge in [0, 0.05) is 31.9 Å². The average molecular weight is 270 g/mol. The third kappa shape index (κ3) is 1.81. The second kappa shape index (κ2) is 4.31. The molecule has 2 aromatic rings. The maximum Gasteiger partial charge on any atom is 0.227 e. The molecule has 0 radical (unpaired) electrons. The highest BCUT2D eigenvalue weighted by molar-refractivity contribution is 5.98. The summed E-state index contributed by atoms with van der Waals surface area (Å²) in [4.78, 5) is 18.5. The molecule has 5 heteroatoms. The highest BCUT2D eigenvalue weighted by atomic mass is 16.2. The van der Waals surface area contributed by atoms with E-state index in [2.05, 4.69) is 17.2 Å². The van der Waals surface area contributed by atoms with Crippen molar-refractivity contribution in [2.24, 2.45) is 5.73 Å². The van der Waals surface area contributed by atoms with Crippen molar-refractivity contribution in [1.82, 2.24) is 9.38 Å². The molecule has 1 aliphatic carbocycles. The number of nitrogens with zero attached hydrogens (tertiary/aromatic N) is 3. The molecule has 1 amide bonds. The summed E-state index contributed by atoms with van der Waals surface area (Å²) < 4.78 is 2.04. The van der Waals surface area contributed by atoms with E-state index in [1.54, 1.807) is 0 Å². The van der Waals surface area contributed by atoms with Crippen molar-refractivity contribution in [3.8, 4) is 0 Å². The Labute approximate surface area is 117 Å². The molecule has 0 atom stereocenters. The molecular formula is C15H18N4O. The van der Waals surface area contributed by atoms with Gasteiger partial charge in [0.05, 0.1) is 11.4 Å². The first-order valence-electron chi connectivity index (χ1n) is 7.28. The zero-order valence-electron chi connectivity index (χ0n) is 11.4. The standard InChI is InChI=1S/C15H18N4O/c16-7-12-9-18-8-11(10-3-4-10)6-13(15(18)17-12)19-5-1-2-14(19)20/h6,8-10H,1-5,7,16H2.